The van der Waals surface area contributed by atoms with E-state index in [0.29, 0.717) is 11.7 Å². The predicted molar refractivity (Wildman–Crippen MR) is 86.0 cm³/mol. The molecule has 0 aliphatic carbocycles. The molecule has 0 radical (unpaired) electrons. The van der Waals surface area contributed by atoms with E-state index in [2.05, 4.69) is 20.2 Å². The van der Waals surface area contributed by atoms with Crippen LogP contribution in [0.4, 0.5) is 5.82 Å². The zero-order chi connectivity index (χ0) is 16.4. The van der Waals surface area contributed by atoms with Gasteiger partial charge in [-0.2, -0.15) is 0 Å². The summed E-state index contributed by atoms with van der Waals surface area (Å²) in [4.78, 5) is 22.7. The number of anilines is 1. The van der Waals surface area contributed by atoms with E-state index in [-0.39, 0.29) is 12.0 Å². The Bertz CT molecular complexity index is 676. The molecule has 2 aliphatic rings. The number of hydrogen-bond acceptors (Lipinski definition) is 6. The summed E-state index contributed by atoms with van der Waals surface area (Å²) in [5.74, 6) is 1.72. The summed E-state index contributed by atoms with van der Waals surface area (Å²) in [5, 5.41) is 2.77. The molecule has 2 aromatic rings. The molecule has 1 amide bonds. The molecule has 0 spiro atoms. The van der Waals surface area contributed by atoms with Crippen LogP contribution in [0.3, 0.4) is 0 Å². The summed E-state index contributed by atoms with van der Waals surface area (Å²) in [5.41, 5.74) is 0. The molecule has 0 unspecified atom stereocenters. The van der Waals surface area contributed by atoms with Crippen molar-refractivity contribution in [2.24, 2.45) is 5.92 Å². The fourth-order valence-electron chi connectivity index (χ4n) is 3.50. The van der Waals surface area contributed by atoms with E-state index in [9.17, 15) is 4.79 Å². The standard InChI is InChI=1S/C17H20N4O3/c22-17(20-16-9-18-4-5-19-16)14-8-12-3-6-21(11-15(12)24-14)10-13-2-1-7-23-13/h1-2,4-5,7,9,12,14-15H,3,6,8,10-11H2,(H,19,20,22)/t12-,14+,15+/m0/s1. The Balaban J connectivity index is 1.33. The van der Waals surface area contributed by atoms with Crippen LogP contribution in [0, 0.1) is 5.92 Å². The molecule has 2 fully saturated rings. The zero-order valence-electron chi connectivity index (χ0n) is 13.3. The number of aromatic nitrogens is 2. The molecule has 3 atom stereocenters. The molecule has 0 aromatic carbocycles. The Morgan fingerprint density at radius 1 is 1.42 bits per heavy atom. The minimum Gasteiger partial charge on any atom is -0.468 e. The Morgan fingerprint density at radius 2 is 2.38 bits per heavy atom. The topological polar surface area (TPSA) is 80.5 Å². The van der Waals surface area contributed by atoms with Crippen molar-refractivity contribution < 1.29 is 13.9 Å². The minimum absolute atomic E-state index is 0.103. The monoisotopic (exact) mass is 328 g/mol. The van der Waals surface area contributed by atoms with E-state index in [1.807, 2.05) is 12.1 Å². The third kappa shape index (κ3) is 3.32. The highest BCUT2D eigenvalue weighted by molar-refractivity contribution is 5.93. The lowest BCUT2D eigenvalue weighted by molar-refractivity contribution is -0.127. The number of fused-ring (bicyclic) bond motifs is 1. The summed E-state index contributed by atoms with van der Waals surface area (Å²) in [6.45, 7) is 2.63. The van der Waals surface area contributed by atoms with Crippen molar-refractivity contribution in [3.63, 3.8) is 0 Å². The summed E-state index contributed by atoms with van der Waals surface area (Å²) < 4.78 is 11.4. The summed E-state index contributed by atoms with van der Waals surface area (Å²) >= 11 is 0. The molecule has 4 rings (SSSR count). The van der Waals surface area contributed by atoms with Crippen molar-refractivity contribution in [3.8, 4) is 0 Å². The Morgan fingerprint density at radius 3 is 3.17 bits per heavy atom. The third-order valence-electron chi connectivity index (χ3n) is 4.70. The van der Waals surface area contributed by atoms with Gasteiger partial charge in [0, 0.05) is 18.9 Å². The second kappa shape index (κ2) is 6.70. The van der Waals surface area contributed by atoms with Gasteiger partial charge in [0.1, 0.15) is 11.9 Å². The first kappa shape index (κ1) is 15.3. The van der Waals surface area contributed by atoms with E-state index in [1.54, 1.807) is 18.7 Å². The van der Waals surface area contributed by atoms with Crippen LogP contribution in [-0.4, -0.2) is 46.1 Å². The van der Waals surface area contributed by atoms with Gasteiger partial charge in [-0.15, -0.1) is 0 Å². The maximum atomic E-state index is 12.4. The van der Waals surface area contributed by atoms with Crippen LogP contribution in [0.1, 0.15) is 18.6 Å². The lowest BCUT2D eigenvalue weighted by atomic mass is 9.91. The quantitative estimate of drug-likeness (QED) is 0.920. The number of likely N-dealkylation sites (tertiary alicyclic amines) is 1. The number of rotatable bonds is 4. The molecule has 7 nitrogen and oxygen atoms in total. The molecular weight excluding hydrogens is 308 g/mol. The molecule has 2 aromatic heterocycles. The number of carbonyl (C=O) groups is 1. The average molecular weight is 328 g/mol. The second-order valence-electron chi connectivity index (χ2n) is 6.34. The van der Waals surface area contributed by atoms with Gasteiger partial charge in [-0.1, -0.05) is 0 Å². The van der Waals surface area contributed by atoms with Crippen LogP contribution in [0.5, 0.6) is 0 Å². The number of nitrogens with one attached hydrogen (secondary N) is 1. The van der Waals surface area contributed by atoms with Crippen molar-refractivity contribution in [3.05, 3.63) is 42.7 Å². The number of ether oxygens (including phenoxy) is 1. The minimum atomic E-state index is -0.412. The molecule has 1 N–H and O–H groups in total. The fourth-order valence-corrected chi connectivity index (χ4v) is 3.50. The van der Waals surface area contributed by atoms with Gasteiger partial charge in [0.05, 0.1) is 25.1 Å². The van der Waals surface area contributed by atoms with Gasteiger partial charge in [-0.05, 0) is 37.4 Å². The first-order valence-electron chi connectivity index (χ1n) is 8.25. The Kier molecular flexibility index (Phi) is 4.27. The van der Waals surface area contributed by atoms with Crippen molar-refractivity contribution in [1.29, 1.82) is 0 Å². The van der Waals surface area contributed by atoms with Crippen LogP contribution in [0.25, 0.3) is 0 Å². The van der Waals surface area contributed by atoms with Gasteiger partial charge in [-0.25, -0.2) is 4.98 Å². The van der Waals surface area contributed by atoms with Crippen LogP contribution in [0.2, 0.25) is 0 Å². The smallest absolute Gasteiger partial charge is 0.254 e. The maximum Gasteiger partial charge on any atom is 0.254 e. The zero-order valence-corrected chi connectivity index (χ0v) is 13.3. The first-order valence-corrected chi connectivity index (χ1v) is 8.25. The largest absolute Gasteiger partial charge is 0.468 e. The highest BCUT2D eigenvalue weighted by Gasteiger charge is 2.41. The van der Waals surface area contributed by atoms with Gasteiger partial charge < -0.3 is 14.5 Å². The van der Waals surface area contributed by atoms with E-state index < -0.39 is 6.10 Å². The van der Waals surface area contributed by atoms with Crippen molar-refractivity contribution >= 4 is 11.7 Å². The van der Waals surface area contributed by atoms with Crippen LogP contribution in [-0.2, 0) is 16.1 Å². The number of furan rings is 1. The van der Waals surface area contributed by atoms with Crippen LogP contribution in [0.15, 0.2) is 41.4 Å². The first-order chi connectivity index (χ1) is 11.8. The van der Waals surface area contributed by atoms with Gasteiger partial charge in [0.25, 0.3) is 5.91 Å². The second-order valence-corrected chi connectivity index (χ2v) is 6.34. The maximum absolute atomic E-state index is 12.4. The van der Waals surface area contributed by atoms with Gasteiger partial charge >= 0.3 is 0 Å². The van der Waals surface area contributed by atoms with Crippen molar-refractivity contribution in [1.82, 2.24) is 14.9 Å². The molecule has 126 valence electrons. The SMILES string of the molecule is O=C(Nc1cnccn1)[C@H]1C[C@@H]2CCN(Cc3ccco3)C[C@H]2O1. The van der Waals surface area contributed by atoms with Gasteiger partial charge in [0.15, 0.2) is 5.82 Å². The van der Waals surface area contributed by atoms with E-state index in [1.165, 1.54) is 6.20 Å². The molecule has 2 saturated heterocycles. The molecule has 0 bridgehead atoms. The number of nitrogens with zero attached hydrogens (tertiary/aromatic N) is 3. The Hall–Kier alpha value is -2.25. The third-order valence-corrected chi connectivity index (χ3v) is 4.70. The molecule has 2 aliphatic heterocycles. The van der Waals surface area contributed by atoms with Crippen LogP contribution >= 0.6 is 0 Å². The number of hydrogen-bond donors (Lipinski definition) is 1. The lowest BCUT2D eigenvalue weighted by Crippen LogP contribution is -2.41. The van der Waals surface area contributed by atoms with Gasteiger partial charge in [0.2, 0.25) is 0 Å². The number of amides is 1. The Labute approximate surface area is 140 Å². The summed E-state index contributed by atoms with van der Waals surface area (Å²) in [6.07, 6.45) is 7.86. The lowest BCUT2D eigenvalue weighted by Gasteiger charge is -2.33. The van der Waals surface area contributed by atoms with Crippen molar-refractivity contribution in [2.75, 3.05) is 18.4 Å². The number of piperidine rings is 1. The molecule has 0 saturated carbocycles. The van der Waals surface area contributed by atoms with E-state index in [0.717, 1.165) is 38.2 Å². The average Bonchev–Trinajstić information content (AvgIpc) is 3.25. The predicted octanol–water partition coefficient (Wildman–Crippen LogP) is 1.69. The van der Waals surface area contributed by atoms with E-state index >= 15 is 0 Å². The normalized spacial score (nSPS) is 26.9. The highest BCUT2D eigenvalue weighted by atomic mass is 16.5. The molecule has 4 heterocycles. The van der Waals surface area contributed by atoms with Gasteiger partial charge in [-0.3, -0.25) is 14.7 Å². The van der Waals surface area contributed by atoms with E-state index in [4.69, 9.17) is 9.15 Å². The molecular formula is C17H20N4O3. The fraction of sp³-hybridized carbons (Fsp3) is 0.471. The summed E-state index contributed by atoms with van der Waals surface area (Å²) in [7, 11) is 0. The molecule has 7 heteroatoms. The highest BCUT2D eigenvalue weighted by Crippen LogP contribution is 2.34. The summed E-state index contributed by atoms with van der Waals surface area (Å²) in [6, 6.07) is 3.89. The number of carbonyl (C=O) groups excluding carboxylic acids is 1. The molecule has 24 heavy (non-hydrogen) atoms. The van der Waals surface area contributed by atoms with Crippen LogP contribution < -0.4 is 5.32 Å². The van der Waals surface area contributed by atoms with Crippen molar-refractivity contribution in [2.45, 2.75) is 31.6 Å².